The molecular formula is C4H6N4O. The number of amidine groups is 1. The van der Waals surface area contributed by atoms with Crippen molar-refractivity contribution < 1.29 is 4.79 Å². The fraction of sp³-hybridized carbons (Fsp3) is 0.500. The molecular weight excluding hydrogens is 120 g/mol. The Labute approximate surface area is 51.7 Å². The number of amides is 2. The first kappa shape index (κ1) is 5.87. The van der Waals surface area contributed by atoms with Gasteiger partial charge in [-0.3, -0.25) is 0 Å². The van der Waals surface area contributed by atoms with E-state index in [4.69, 9.17) is 5.73 Å². The van der Waals surface area contributed by atoms with Crippen LogP contribution in [0.15, 0.2) is 15.2 Å². The van der Waals surface area contributed by atoms with Crippen molar-refractivity contribution in [1.82, 2.24) is 0 Å². The van der Waals surface area contributed by atoms with Crippen molar-refractivity contribution >= 4 is 11.9 Å². The number of hydrogen-bond acceptors (Lipinski definition) is 2. The Kier molecular flexibility index (Phi) is 1.53. The van der Waals surface area contributed by atoms with Crippen LogP contribution >= 0.6 is 0 Å². The van der Waals surface area contributed by atoms with E-state index in [1.54, 1.807) is 0 Å². The second kappa shape index (κ2) is 2.34. The molecule has 0 radical (unpaired) electrons. The summed E-state index contributed by atoms with van der Waals surface area (Å²) >= 11 is 0. The standard InChI is InChI=1S/C4H6N4O/c5-4(9)7-3-1-2-6-8-3/h1-2H2,(H2,5,9). The number of nitrogens with two attached hydrogens (primary N) is 1. The first-order chi connectivity index (χ1) is 4.29. The third kappa shape index (κ3) is 1.60. The number of urea groups is 1. The molecule has 0 aliphatic carbocycles. The molecule has 1 rings (SSSR count). The van der Waals surface area contributed by atoms with Crippen LogP contribution in [0.25, 0.3) is 0 Å². The van der Waals surface area contributed by atoms with Crippen LogP contribution in [0.5, 0.6) is 0 Å². The summed E-state index contributed by atoms with van der Waals surface area (Å²) in [7, 11) is 0. The van der Waals surface area contributed by atoms with Crippen LogP contribution in [0.1, 0.15) is 6.42 Å². The Morgan fingerprint density at radius 3 is 3.00 bits per heavy atom. The summed E-state index contributed by atoms with van der Waals surface area (Å²) in [6, 6.07) is -0.703. The molecule has 0 fully saturated rings. The van der Waals surface area contributed by atoms with Crippen LogP contribution in [0.3, 0.4) is 0 Å². The number of aliphatic imine (C=N–C) groups is 1. The Hall–Kier alpha value is -1.26. The monoisotopic (exact) mass is 126 g/mol. The van der Waals surface area contributed by atoms with Gasteiger partial charge in [-0.15, -0.1) is 5.11 Å². The smallest absolute Gasteiger partial charge is 0.340 e. The predicted octanol–water partition coefficient (Wildman–Crippen LogP) is 0.320. The zero-order valence-electron chi connectivity index (χ0n) is 4.74. The van der Waals surface area contributed by atoms with Crippen molar-refractivity contribution in [2.24, 2.45) is 21.0 Å². The molecule has 0 saturated carbocycles. The van der Waals surface area contributed by atoms with Crippen molar-refractivity contribution in [3.8, 4) is 0 Å². The lowest BCUT2D eigenvalue weighted by Gasteiger charge is -1.82. The lowest BCUT2D eigenvalue weighted by molar-refractivity contribution is 0.256. The number of azo groups is 1. The van der Waals surface area contributed by atoms with Crippen molar-refractivity contribution in [2.45, 2.75) is 6.42 Å². The van der Waals surface area contributed by atoms with Gasteiger partial charge in [-0.2, -0.15) is 10.1 Å². The van der Waals surface area contributed by atoms with Crippen LogP contribution < -0.4 is 5.73 Å². The molecule has 1 heterocycles. The number of carbonyl (C=O) groups is 1. The molecule has 0 unspecified atom stereocenters. The Morgan fingerprint density at radius 2 is 2.56 bits per heavy atom. The number of nitrogens with zero attached hydrogens (tertiary/aromatic N) is 3. The predicted molar refractivity (Wildman–Crippen MR) is 31.4 cm³/mol. The van der Waals surface area contributed by atoms with Crippen LogP contribution in [0, 0.1) is 0 Å². The van der Waals surface area contributed by atoms with Crippen LogP contribution in [0.4, 0.5) is 4.79 Å². The lowest BCUT2D eigenvalue weighted by Crippen LogP contribution is -2.06. The molecule has 0 aromatic heterocycles. The molecule has 0 spiro atoms. The highest BCUT2D eigenvalue weighted by Crippen LogP contribution is 1.99. The van der Waals surface area contributed by atoms with E-state index in [1.807, 2.05) is 0 Å². The van der Waals surface area contributed by atoms with Gasteiger partial charge < -0.3 is 5.73 Å². The first-order valence-electron chi connectivity index (χ1n) is 2.53. The molecule has 2 N–H and O–H groups in total. The van der Waals surface area contributed by atoms with Gasteiger partial charge in [-0.25, -0.2) is 4.79 Å². The van der Waals surface area contributed by atoms with Gasteiger partial charge in [-0.05, 0) is 0 Å². The number of primary amides is 1. The number of carbonyl (C=O) groups excluding carboxylic acids is 1. The van der Waals surface area contributed by atoms with E-state index in [1.165, 1.54) is 0 Å². The summed E-state index contributed by atoms with van der Waals surface area (Å²) in [5.74, 6) is 0.433. The first-order valence-corrected chi connectivity index (χ1v) is 2.53. The van der Waals surface area contributed by atoms with Gasteiger partial charge in [0, 0.05) is 6.42 Å². The van der Waals surface area contributed by atoms with E-state index < -0.39 is 6.03 Å². The summed E-state index contributed by atoms with van der Waals surface area (Å²) in [5, 5.41) is 7.15. The van der Waals surface area contributed by atoms with Crippen molar-refractivity contribution in [2.75, 3.05) is 6.54 Å². The van der Waals surface area contributed by atoms with Crippen molar-refractivity contribution in [3.05, 3.63) is 0 Å². The summed E-state index contributed by atoms with van der Waals surface area (Å²) in [4.78, 5) is 13.5. The molecule has 0 bridgehead atoms. The molecule has 0 aromatic carbocycles. The van der Waals surface area contributed by atoms with Gasteiger partial charge in [0.2, 0.25) is 0 Å². The van der Waals surface area contributed by atoms with Crippen molar-refractivity contribution in [3.63, 3.8) is 0 Å². The van der Waals surface area contributed by atoms with E-state index in [0.29, 0.717) is 18.8 Å². The van der Waals surface area contributed by atoms with Crippen molar-refractivity contribution in [1.29, 1.82) is 0 Å². The summed E-state index contributed by atoms with van der Waals surface area (Å²) < 4.78 is 0. The van der Waals surface area contributed by atoms with Gasteiger partial charge in [0.05, 0.1) is 6.54 Å². The molecule has 5 heteroatoms. The molecule has 0 atom stereocenters. The maximum absolute atomic E-state index is 10.1. The third-order valence-electron chi connectivity index (χ3n) is 0.861. The number of rotatable bonds is 0. The Morgan fingerprint density at radius 1 is 1.78 bits per heavy atom. The van der Waals surface area contributed by atoms with E-state index >= 15 is 0 Å². The molecule has 0 aromatic rings. The second-order valence-electron chi connectivity index (χ2n) is 1.58. The zero-order valence-corrected chi connectivity index (χ0v) is 4.74. The average Bonchev–Trinajstić information content (AvgIpc) is 2.15. The molecule has 5 nitrogen and oxygen atoms in total. The highest BCUT2D eigenvalue weighted by molar-refractivity contribution is 5.94. The van der Waals surface area contributed by atoms with Crippen LogP contribution in [-0.4, -0.2) is 18.4 Å². The van der Waals surface area contributed by atoms with E-state index in [0.717, 1.165) is 0 Å². The maximum Gasteiger partial charge on any atom is 0.340 e. The quantitative estimate of drug-likeness (QED) is 0.498. The fourth-order valence-corrected chi connectivity index (χ4v) is 0.537. The van der Waals surface area contributed by atoms with Gasteiger partial charge in [0.15, 0.2) is 5.84 Å². The second-order valence-corrected chi connectivity index (χ2v) is 1.58. The number of hydrogen-bond donors (Lipinski definition) is 1. The highest BCUT2D eigenvalue weighted by Gasteiger charge is 2.03. The molecule has 1 aliphatic heterocycles. The largest absolute Gasteiger partial charge is 0.350 e. The summed E-state index contributed by atoms with van der Waals surface area (Å²) in [5.41, 5.74) is 4.74. The Bertz CT molecular complexity index is 183. The third-order valence-corrected chi connectivity index (χ3v) is 0.861. The van der Waals surface area contributed by atoms with Gasteiger partial charge in [-0.1, -0.05) is 0 Å². The topological polar surface area (TPSA) is 80.2 Å². The average molecular weight is 126 g/mol. The molecule has 2 amide bonds. The highest BCUT2D eigenvalue weighted by atomic mass is 16.2. The van der Waals surface area contributed by atoms with Gasteiger partial charge >= 0.3 is 6.03 Å². The minimum atomic E-state index is -0.703. The zero-order chi connectivity index (χ0) is 6.69. The maximum atomic E-state index is 10.1. The van der Waals surface area contributed by atoms with E-state index in [9.17, 15) is 4.79 Å². The minimum Gasteiger partial charge on any atom is -0.350 e. The molecule has 0 saturated heterocycles. The molecule has 9 heavy (non-hydrogen) atoms. The van der Waals surface area contributed by atoms with E-state index in [-0.39, 0.29) is 0 Å². The Balaban J connectivity index is 2.61. The SMILES string of the molecule is NC(=O)N=C1CCN=N1. The van der Waals surface area contributed by atoms with Gasteiger partial charge in [0.25, 0.3) is 0 Å². The normalized spacial score (nSPS) is 21.1. The minimum absolute atomic E-state index is 0.433. The van der Waals surface area contributed by atoms with Crippen LogP contribution in [-0.2, 0) is 0 Å². The molecule has 48 valence electrons. The van der Waals surface area contributed by atoms with Gasteiger partial charge in [0.1, 0.15) is 0 Å². The van der Waals surface area contributed by atoms with Crippen LogP contribution in [0.2, 0.25) is 0 Å². The summed E-state index contributed by atoms with van der Waals surface area (Å²) in [6.07, 6.45) is 0.628. The lowest BCUT2D eigenvalue weighted by atomic mass is 10.4. The molecule has 1 aliphatic rings. The van der Waals surface area contributed by atoms with E-state index in [2.05, 4.69) is 15.2 Å². The summed E-state index contributed by atoms with van der Waals surface area (Å²) in [6.45, 7) is 0.617. The fourth-order valence-electron chi connectivity index (χ4n) is 0.537.